The van der Waals surface area contributed by atoms with Gasteiger partial charge in [0.1, 0.15) is 0 Å². The number of urea groups is 1. The van der Waals surface area contributed by atoms with Gasteiger partial charge in [-0.1, -0.05) is 37.6 Å². The van der Waals surface area contributed by atoms with Crippen molar-refractivity contribution in [3.63, 3.8) is 0 Å². The third-order valence-corrected chi connectivity index (χ3v) is 4.11. The summed E-state index contributed by atoms with van der Waals surface area (Å²) in [4.78, 5) is 14.4. The summed E-state index contributed by atoms with van der Waals surface area (Å²) in [5, 5.41) is 3.95. The Morgan fingerprint density at radius 2 is 1.95 bits per heavy atom. The van der Waals surface area contributed by atoms with Crippen LogP contribution in [0.2, 0.25) is 5.02 Å². The second-order valence-electron chi connectivity index (χ2n) is 6.25. The molecule has 4 heteroatoms. The highest BCUT2D eigenvalue weighted by molar-refractivity contribution is 6.30. The van der Waals surface area contributed by atoms with Crippen molar-refractivity contribution in [2.75, 3.05) is 13.1 Å². The van der Waals surface area contributed by atoms with E-state index in [2.05, 4.69) is 19.2 Å². The summed E-state index contributed by atoms with van der Waals surface area (Å²) >= 11 is 5.95. The number of benzene rings is 1. The van der Waals surface area contributed by atoms with Gasteiger partial charge in [0.05, 0.1) is 6.04 Å². The van der Waals surface area contributed by atoms with Crippen molar-refractivity contribution in [1.82, 2.24) is 10.2 Å². The second-order valence-corrected chi connectivity index (χ2v) is 6.69. The van der Waals surface area contributed by atoms with E-state index in [0.717, 1.165) is 23.7 Å². The monoisotopic (exact) mass is 308 g/mol. The summed E-state index contributed by atoms with van der Waals surface area (Å²) in [5.74, 6) is 1.04. The zero-order valence-electron chi connectivity index (χ0n) is 13.1. The van der Waals surface area contributed by atoms with E-state index >= 15 is 0 Å². The number of carbonyl (C=O) groups is 1. The first-order valence-corrected chi connectivity index (χ1v) is 8.20. The van der Waals surface area contributed by atoms with Crippen LogP contribution in [-0.4, -0.2) is 24.0 Å². The molecule has 1 aliphatic carbocycles. The van der Waals surface area contributed by atoms with Crippen molar-refractivity contribution in [3.8, 4) is 0 Å². The SMILES string of the molecule is CCN(CC(C)C)C(=O)NC(c1ccc(Cl)cc1)C1CC1. The Hall–Kier alpha value is -1.22. The summed E-state index contributed by atoms with van der Waals surface area (Å²) in [6.45, 7) is 7.82. The summed E-state index contributed by atoms with van der Waals surface area (Å²) in [6, 6.07) is 7.97. The Morgan fingerprint density at radius 1 is 1.33 bits per heavy atom. The fraction of sp³-hybridized carbons (Fsp3) is 0.588. The fourth-order valence-electron chi connectivity index (χ4n) is 2.59. The average Bonchev–Trinajstić information content (AvgIpc) is 3.27. The minimum absolute atomic E-state index is 0.0399. The Morgan fingerprint density at radius 3 is 2.43 bits per heavy atom. The number of hydrogen-bond acceptors (Lipinski definition) is 1. The summed E-state index contributed by atoms with van der Waals surface area (Å²) in [6.07, 6.45) is 2.37. The second kappa shape index (κ2) is 7.17. The number of nitrogens with one attached hydrogen (secondary N) is 1. The molecule has 1 aromatic carbocycles. The van der Waals surface area contributed by atoms with Crippen molar-refractivity contribution in [2.45, 2.75) is 39.7 Å². The van der Waals surface area contributed by atoms with Crippen LogP contribution in [0.5, 0.6) is 0 Å². The Labute approximate surface area is 132 Å². The molecule has 3 nitrogen and oxygen atoms in total. The van der Waals surface area contributed by atoms with E-state index in [4.69, 9.17) is 11.6 Å². The summed E-state index contributed by atoms with van der Waals surface area (Å²) in [7, 11) is 0. The molecular formula is C17H25ClN2O. The molecule has 1 atom stereocenters. The van der Waals surface area contributed by atoms with E-state index in [-0.39, 0.29) is 12.1 Å². The number of nitrogens with zero attached hydrogens (tertiary/aromatic N) is 1. The highest BCUT2D eigenvalue weighted by atomic mass is 35.5. The van der Waals surface area contributed by atoms with Gasteiger partial charge in [0.15, 0.2) is 0 Å². The van der Waals surface area contributed by atoms with E-state index in [9.17, 15) is 4.79 Å². The fourth-order valence-corrected chi connectivity index (χ4v) is 2.72. The van der Waals surface area contributed by atoms with Gasteiger partial charge in [0.2, 0.25) is 0 Å². The zero-order chi connectivity index (χ0) is 15.4. The quantitative estimate of drug-likeness (QED) is 0.825. The lowest BCUT2D eigenvalue weighted by Gasteiger charge is -2.27. The van der Waals surface area contributed by atoms with E-state index < -0.39 is 0 Å². The third-order valence-electron chi connectivity index (χ3n) is 3.86. The van der Waals surface area contributed by atoms with E-state index in [0.29, 0.717) is 11.8 Å². The normalized spacial score (nSPS) is 15.9. The molecule has 1 aliphatic rings. The molecule has 0 bridgehead atoms. The van der Waals surface area contributed by atoms with Crippen LogP contribution in [-0.2, 0) is 0 Å². The van der Waals surface area contributed by atoms with Crippen LogP contribution < -0.4 is 5.32 Å². The Bertz CT molecular complexity index is 468. The van der Waals surface area contributed by atoms with Gasteiger partial charge in [-0.3, -0.25) is 0 Å². The maximum absolute atomic E-state index is 12.5. The van der Waals surface area contributed by atoms with Gasteiger partial charge in [0, 0.05) is 18.1 Å². The molecular weight excluding hydrogens is 284 g/mol. The lowest BCUT2D eigenvalue weighted by molar-refractivity contribution is 0.188. The average molecular weight is 309 g/mol. The number of carbonyl (C=O) groups excluding carboxylic acids is 1. The number of hydrogen-bond donors (Lipinski definition) is 1. The van der Waals surface area contributed by atoms with Crippen LogP contribution in [0.3, 0.4) is 0 Å². The van der Waals surface area contributed by atoms with Crippen LogP contribution in [0.1, 0.15) is 45.2 Å². The lowest BCUT2D eigenvalue weighted by Crippen LogP contribution is -2.43. The van der Waals surface area contributed by atoms with Crippen LogP contribution in [0.15, 0.2) is 24.3 Å². The van der Waals surface area contributed by atoms with Crippen molar-refractivity contribution < 1.29 is 4.79 Å². The molecule has 1 unspecified atom stereocenters. The maximum atomic E-state index is 12.5. The Kier molecular flexibility index (Phi) is 5.51. The zero-order valence-corrected chi connectivity index (χ0v) is 13.9. The number of halogens is 1. The van der Waals surface area contributed by atoms with Crippen molar-refractivity contribution in [2.24, 2.45) is 11.8 Å². The van der Waals surface area contributed by atoms with Crippen LogP contribution in [0, 0.1) is 11.8 Å². The van der Waals surface area contributed by atoms with Gasteiger partial charge in [-0.2, -0.15) is 0 Å². The Balaban J connectivity index is 2.05. The van der Waals surface area contributed by atoms with Gasteiger partial charge in [-0.05, 0) is 49.3 Å². The van der Waals surface area contributed by atoms with Crippen molar-refractivity contribution in [3.05, 3.63) is 34.9 Å². The van der Waals surface area contributed by atoms with Crippen LogP contribution in [0.4, 0.5) is 4.79 Å². The molecule has 2 rings (SSSR count). The van der Waals surface area contributed by atoms with Crippen LogP contribution in [0.25, 0.3) is 0 Å². The molecule has 116 valence electrons. The number of rotatable bonds is 6. The van der Waals surface area contributed by atoms with E-state index in [1.54, 1.807) is 0 Å². The molecule has 0 radical (unpaired) electrons. The predicted octanol–water partition coefficient (Wildman–Crippen LogP) is 4.48. The first-order chi connectivity index (χ1) is 10.0. The van der Waals surface area contributed by atoms with Crippen molar-refractivity contribution in [1.29, 1.82) is 0 Å². The summed E-state index contributed by atoms with van der Waals surface area (Å²) in [5.41, 5.74) is 1.15. The molecule has 2 amide bonds. The molecule has 1 aromatic rings. The van der Waals surface area contributed by atoms with Gasteiger partial charge >= 0.3 is 6.03 Å². The molecule has 0 aromatic heterocycles. The van der Waals surface area contributed by atoms with Gasteiger partial charge in [0.25, 0.3) is 0 Å². The summed E-state index contributed by atoms with van der Waals surface area (Å²) < 4.78 is 0. The minimum Gasteiger partial charge on any atom is -0.331 e. The van der Waals surface area contributed by atoms with Crippen molar-refractivity contribution >= 4 is 17.6 Å². The molecule has 0 heterocycles. The standard InChI is InChI=1S/C17H25ClN2O/c1-4-20(11-12(2)3)17(21)19-16(13-5-6-13)14-7-9-15(18)10-8-14/h7-10,12-13,16H,4-6,11H2,1-3H3,(H,19,21). The highest BCUT2D eigenvalue weighted by Crippen LogP contribution is 2.41. The molecule has 0 spiro atoms. The first kappa shape index (κ1) is 16.2. The minimum atomic E-state index is 0.0399. The topological polar surface area (TPSA) is 32.3 Å². The maximum Gasteiger partial charge on any atom is 0.317 e. The number of amides is 2. The van der Waals surface area contributed by atoms with E-state index in [1.807, 2.05) is 36.1 Å². The van der Waals surface area contributed by atoms with Gasteiger partial charge in [-0.15, -0.1) is 0 Å². The van der Waals surface area contributed by atoms with Gasteiger partial charge < -0.3 is 10.2 Å². The smallest absolute Gasteiger partial charge is 0.317 e. The molecule has 1 saturated carbocycles. The van der Waals surface area contributed by atoms with E-state index in [1.165, 1.54) is 12.8 Å². The third kappa shape index (κ3) is 4.63. The lowest BCUT2D eigenvalue weighted by atomic mass is 10.0. The molecule has 21 heavy (non-hydrogen) atoms. The van der Waals surface area contributed by atoms with Gasteiger partial charge in [-0.25, -0.2) is 4.79 Å². The predicted molar refractivity (Wildman–Crippen MR) is 87.5 cm³/mol. The molecule has 1 N–H and O–H groups in total. The molecule has 0 aliphatic heterocycles. The largest absolute Gasteiger partial charge is 0.331 e. The molecule has 0 saturated heterocycles. The van der Waals surface area contributed by atoms with Crippen LogP contribution >= 0.6 is 11.6 Å². The molecule has 1 fully saturated rings. The highest BCUT2D eigenvalue weighted by Gasteiger charge is 2.34. The first-order valence-electron chi connectivity index (χ1n) is 7.82.